The smallest absolute Gasteiger partial charge is 0.0542 e. The summed E-state index contributed by atoms with van der Waals surface area (Å²) >= 11 is 0. The highest BCUT2D eigenvalue weighted by atomic mass is 15.1. The first kappa shape index (κ1) is 21.5. The van der Waals surface area contributed by atoms with Gasteiger partial charge in [-0.3, -0.25) is 0 Å². The molecule has 0 spiro atoms. The molecule has 37 heavy (non-hydrogen) atoms. The Balaban J connectivity index is 1.46. The van der Waals surface area contributed by atoms with Gasteiger partial charge in [-0.2, -0.15) is 0 Å². The Bertz CT molecular complexity index is 1880. The van der Waals surface area contributed by atoms with Gasteiger partial charge in [-0.1, -0.05) is 78.9 Å². The van der Waals surface area contributed by atoms with Crippen molar-refractivity contribution in [3.05, 3.63) is 140 Å². The molecule has 176 valence electrons. The van der Waals surface area contributed by atoms with Crippen LogP contribution in [-0.4, -0.2) is 11.6 Å². The summed E-state index contributed by atoms with van der Waals surface area (Å²) in [6.07, 6.45) is 0. The summed E-state index contributed by atoms with van der Waals surface area (Å²) in [4.78, 5) is 2.25. The molecule has 6 aromatic carbocycles. The minimum Gasteiger partial charge on any atom is -0.345 e. The molecule has 0 aliphatic rings. The molecule has 7 aromatic rings. The summed E-state index contributed by atoms with van der Waals surface area (Å²) in [6.45, 7) is 0. The zero-order valence-electron chi connectivity index (χ0n) is 20.7. The van der Waals surface area contributed by atoms with Gasteiger partial charge < -0.3 is 9.47 Å². The first-order chi connectivity index (χ1) is 18.3. The molecule has 0 saturated carbocycles. The molecule has 7 rings (SSSR count). The maximum Gasteiger partial charge on any atom is 0.0542 e. The predicted octanol–water partition coefficient (Wildman–Crippen LogP) is 9.37. The number of anilines is 2. The topological polar surface area (TPSA) is 8.17 Å². The Kier molecular flexibility index (Phi) is 5.04. The van der Waals surface area contributed by atoms with Crippen molar-refractivity contribution in [2.75, 3.05) is 11.9 Å². The van der Waals surface area contributed by atoms with Gasteiger partial charge in [0.25, 0.3) is 0 Å². The van der Waals surface area contributed by atoms with Gasteiger partial charge in [-0.05, 0) is 82.6 Å². The van der Waals surface area contributed by atoms with E-state index in [4.69, 9.17) is 0 Å². The molecule has 0 unspecified atom stereocenters. The number of nitrogens with zero attached hydrogens (tertiary/aromatic N) is 2. The molecule has 0 aliphatic carbocycles. The van der Waals surface area contributed by atoms with Gasteiger partial charge in [0, 0.05) is 34.9 Å². The third-order valence-corrected chi connectivity index (χ3v) is 7.38. The van der Waals surface area contributed by atoms with E-state index in [1.807, 2.05) is 0 Å². The van der Waals surface area contributed by atoms with Crippen LogP contribution in [0.5, 0.6) is 0 Å². The van der Waals surface area contributed by atoms with Crippen LogP contribution in [0, 0.1) is 0 Å². The van der Waals surface area contributed by atoms with Gasteiger partial charge in [0.1, 0.15) is 0 Å². The van der Waals surface area contributed by atoms with E-state index in [1.54, 1.807) is 0 Å². The molecule has 0 N–H and O–H groups in total. The molecule has 0 radical (unpaired) electrons. The van der Waals surface area contributed by atoms with E-state index in [1.165, 1.54) is 60.8 Å². The fourth-order valence-electron chi connectivity index (χ4n) is 5.42. The zero-order chi connectivity index (χ0) is 24.8. The van der Waals surface area contributed by atoms with Crippen LogP contribution in [0.1, 0.15) is 0 Å². The van der Waals surface area contributed by atoms with Crippen LogP contribution in [0.25, 0.3) is 49.4 Å². The Morgan fingerprint density at radius 3 is 1.84 bits per heavy atom. The summed E-state index contributed by atoms with van der Waals surface area (Å²) in [5.74, 6) is 0. The number of fused-ring (bicyclic) bond motifs is 4. The van der Waals surface area contributed by atoms with Crippen molar-refractivity contribution >= 4 is 44.0 Å². The van der Waals surface area contributed by atoms with Gasteiger partial charge in [-0.25, -0.2) is 0 Å². The largest absolute Gasteiger partial charge is 0.345 e. The summed E-state index contributed by atoms with van der Waals surface area (Å²) in [6, 6.07) is 50.1. The molecule has 0 amide bonds. The third-order valence-electron chi connectivity index (χ3n) is 7.38. The second-order valence-corrected chi connectivity index (χ2v) is 9.56. The second kappa shape index (κ2) is 8.69. The lowest BCUT2D eigenvalue weighted by molar-refractivity contribution is 1.17. The highest BCUT2D eigenvalue weighted by Crippen LogP contribution is 2.38. The Morgan fingerprint density at radius 1 is 0.459 bits per heavy atom. The quantitative estimate of drug-likeness (QED) is 0.247. The third kappa shape index (κ3) is 3.66. The Morgan fingerprint density at radius 2 is 1.05 bits per heavy atom. The van der Waals surface area contributed by atoms with Crippen molar-refractivity contribution in [1.82, 2.24) is 4.57 Å². The molecule has 0 fully saturated rings. The van der Waals surface area contributed by atoms with Crippen molar-refractivity contribution in [3.63, 3.8) is 0 Å². The van der Waals surface area contributed by atoms with E-state index in [0.29, 0.717) is 0 Å². The van der Waals surface area contributed by atoms with E-state index in [-0.39, 0.29) is 0 Å². The minimum atomic E-state index is 1.17. The number of aromatic nitrogens is 1. The molecular formula is C35H26N2. The normalized spacial score (nSPS) is 11.4. The lowest BCUT2D eigenvalue weighted by Gasteiger charge is -2.19. The van der Waals surface area contributed by atoms with Gasteiger partial charge in [0.15, 0.2) is 0 Å². The van der Waals surface area contributed by atoms with E-state index in [0.717, 1.165) is 0 Å². The Labute approximate surface area is 216 Å². The monoisotopic (exact) mass is 474 g/mol. The summed E-state index contributed by atoms with van der Waals surface area (Å²) in [5.41, 5.74) is 8.40. The Hall–Kier alpha value is -4.82. The summed E-state index contributed by atoms with van der Waals surface area (Å²) in [5, 5.41) is 5.04. The van der Waals surface area contributed by atoms with Crippen LogP contribution in [0.15, 0.2) is 140 Å². The molecule has 0 atom stereocenters. The number of hydrogen-bond donors (Lipinski definition) is 0. The molecule has 2 heteroatoms. The van der Waals surface area contributed by atoms with Gasteiger partial charge in [0.2, 0.25) is 0 Å². The summed E-state index contributed by atoms with van der Waals surface area (Å²) in [7, 11) is 2.13. The first-order valence-corrected chi connectivity index (χ1v) is 12.7. The van der Waals surface area contributed by atoms with Crippen molar-refractivity contribution in [1.29, 1.82) is 0 Å². The highest BCUT2D eigenvalue weighted by molar-refractivity contribution is 6.11. The van der Waals surface area contributed by atoms with Gasteiger partial charge in [0.05, 0.1) is 11.0 Å². The summed E-state index contributed by atoms with van der Waals surface area (Å²) < 4.78 is 2.38. The van der Waals surface area contributed by atoms with Crippen LogP contribution in [0.2, 0.25) is 0 Å². The van der Waals surface area contributed by atoms with E-state index in [2.05, 4.69) is 156 Å². The van der Waals surface area contributed by atoms with Crippen LogP contribution < -0.4 is 4.90 Å². The van der Waals surface area contributed by atoms with E-state index >= 15 is 0 Å². The molecule has 0 saturated heterocycles. The fourth-order valence-corrected chi connectivity index (χ4v) is 5.42. The second-order valence-electron chi connectivity index (χ2n) is 9.56. The molecule has 2 nitrogen and oxygen atoms in total. The lowest BCUT2D eigenvalue weighted by Crippen LogP contribution is -2.08. The molecule has 0 aliphatic heterocycles. The molecular weight excluding hydrogens is 448 g/mol. The average molecular weight is 475 g/mol. The fraction of sp³-hybridized carbons (Fsp3) is 0.0286. The number of benzene rings is 6. The van der Waals surface area contributed by atoms with Crippen LogP contribution in [0.4, 0.5) is 11.4 Å². The maximum absolute atomic E-state index is 2.38. The maximum atomic E-state index is 2.38. The van der Waals surface area contributed by atoms with E-state index in [9.17, 15) is 0 Å². The van der Waals surface area contributed by atoms with Crippen molar-refractivity contribution in [3.8, 4) is 16.8 Å². The van der Waals surface area contributed by atoms with Crippen LogP contribution >= 0.6 is 0 Å². The van der Waals surface area contributed by atoms with Gasteiger partial charge in [-0.15, -0.1) is 0 Å². The SMILES string of the molecule is CN(c1ccccc1)c1ccc2c(c1)c1cc(-c3ccc4ccccc4c3)ccc1n2-c1ccccc1. The highest BCUT2D eigenvalue weighted by Gasteiger charge is 2.15. The number of para-hydroxylation sites is 2. The van der Waals surface area contributed by atoms with Gasteiger partial charge >= 0.3 is 0 Å². The van der Waals surface area contributed by atoms with E-state index < -0.39 is 0 Å². The predicted molar refractivity (Wildman–Crippen MR) is 158 cm³/mol. The molecule has 1 aromatic heterocycles. The average Bonchev–Trinajstić information content (AvgIpc) is 3.30. The van der Waals surface area contributed by atoms with Crippen LogP contribution in [0.3, 0.4) is 0 Å². The van der Waals surface area contributed by atoms with Crippen molar-refractivity contribution in [2.24, 2.45) is 0 Å². The minimum absolute atomic E-state index is 1.17. The zero-order valence-corrected chi connectivity index (χ0v) is 20.7. The lowest BCUT2D eigenvalue weighted by atomic mass is 9.99. The first-order valence-electron chi connectivity index (χ1n) is 12.7. The number of rotatable bonds is 4. The van der Waals surface area contributed by atoms with Crippen molar-refractivity contribution < 1.29 is 0 Å². The van der Waals surface area contributed by atoms with Crippen LogP contribution in [-0.2, 0) is 0 Å². The van der Waals surface area contributed by atoms with Crippen molar-refractivity contribution in [2.45, 2.75) is 0 Å². The molecule has 0 bridgehead atoms. The number of hydrogen-bond acceptors (Lipinski definition) is 1. The standard InChI is InChI=1S/C35H26N2/c1-36(29-12-4-2-5-13-29)31-19-21-35-33(24-31)32-23-28(27-17-16-25-10-8-9-11-26(25)22-27)18-20-34(32)37(35)30-14-6-3-7-15-30/h2-24H,1H3. The molecule has 1 heterocycles.